The third kappa shape index (κ3) is 2.57. The van der Waals surface area contributed by atoms with Crippen LogP contribution in [0.3, 0.4) is 0 Å². The van der Waals surface area contributed by atoms with Crippen molar-refractivity contribution in [3.8, 4) is 11.3 Å². The Morgan fingerprint density at radius 3 is 2.78 bits per heavy atom. The first-order chi connectivity index (χ1) is 13.2. The van der Waals surface area contributed by atoms with Crippen LogP contribution >= 0.6 is 0 Å². The number of anilines is 1. The van der Waals surface area contributed by atoms with Gasteiger partial charge in [0.15, 0.2) is 0 Å². The lowest BCUT2D eigenvalue weighted by atomic mass is 10.0. The Hall–Kier alpha value is -2.34. The molecule has 1 N–H and O–H groups in total. The van der Waals surface area contributed by atoms with E-state index in [1.807, 2.05) is 12.3 Å². The number of fused-ring (bicyclic) bond motifs is 2. The Morgan fingerprint density at radius 2 is 2.04 bits per heavy atom. The molecule has 0 spiro atoms. The minimum absolute atomic E-state index is 0.520. The topological polar surface area (TPSA) is 53.0 Å². The Balaban J connectivity index is 1.61. The van der Waals surface area contributed by atoms with Gasteiger partial charge in [-0.2, -0.15) is 5.10 Å². The van der Waals surface area contributed by atoms with Crippen LogP contribution in [0.1, 0.15) is 39.3 Å². The number of likely N-dealkylation sites (tertiary alicyclic amines) is 1. The van der Waals surface area contributed by atoms with Crippen molar-refractivity contribution in [1.29, 1.82) is 0 Å². The fraction of sp³-hybridized carbons (Fsp3) is 0.524. The van der Waals surface area contributed by atoms with E-state index in [2.05, 4.69) is 57.6 Å². The summed E-state index contributed by atoms with van der Waals surface area (Å²) in [6.45, 7) is 11.0. The number of nitrogens with one attached hydrogen (secondary N) is 1. The highest BCUT2D eigenvalue weighted by Gasteiger charge is 2.32. The molecule has 5 heterocycles. The zero-order chi connectivity index (χ0) is 18.5. The molecule has 6 nitrogen and oxygen atoms in total. The molecule has 3 aromatic rings. The van der Waals surface area contributed by atoms with Crippen LogP contribution in [-0.2, 0) is 13.1 Å². The van der Waals surface area contributed by atoms with Gasteiger partial charge >= 0.3 is 0 Å². The van der Waals surface area contributed by atoms with Crippen LogP contribution in [0.2, 0.25) is 0 Å². The number of piperidine rings is 1. The molecule has 0 atom stereocenters. The van der Waals surface area contributed by atoms with Gasteiger partial charge in [-0.05, 0) is 45.7 Å². The van der Waals surface area contributed by atoms with Crippen LogP contribution < -0.4 is 4.90 Å². The fourth-order valence-electron chi connectivity index (χ4n) is 4.81. The molecule has 6 heteroatoms. The second-order valence-electron chi connectivity index (χ2n) is 8.08. The average molecular weight is 364 g/mol. The predicted molar refractivity (Wildman–Crippen MR) is 109 cm³/mol. The van der Waals surface area contributed by atoms with Gasteiger partial charge < -0.3 is 14.4 Å². The number of aryl methyl sites for hydroxylation is 1. The van der Waals surface area contributed by atoms with E-state index in [9.17, 15) is 0 Å². The number of pyridine rings is 1. The van der Waals surface area contributed by atoms with Crippen molar-refractivity contribution in [2.24, 2.45) is 0 Å². The summed E-state index contributed by atoms with van der Waals surface area (Å²) < 4.78 is 2.36. The first-order valence-corrected chi connectivity index (χ1v) is 10.2. The van der Waals surface area contributed by atoms with Crippen molar-refractivity contribution in [3.63, 3.8) is 0 Å². The van der Waals surface area contributed by atoms with E-state index in [1.54, 1.807) is 0 Å². The van der Waals surface area contributed by atoms with Gasteiger partial charge in [-0.15, -0.1) is 0 Å². The van der Waals surface area contributed by atoms with Crippen LogP contribution in [-0.4, -0.2) is 49.8 Å². The SMILES string of the molecule is CCn1ccc2c1CN(C1CCN(C(C)C)CC1)c1nccc3[nH]nc-2c13. The molecule has 0 unspecified atom stereocenters. The van der Waals surface area contributed by atoms with Gasteiger partial charge in [-0.1, -0.05) is 0 Å². The van der Waals surface area contributed by atoms with Crippen LogP contribution in [0.25, 0.3) is 22.2 Å². The molecule has 0 amide bonds. The van der Waals surface area contributed by atoms with E-state index >= 15 is 0 Å². The van der Waals surface area contributed by atoms with Crippen molar-refractivity contribution >= 4 is 16.7 Å². The summed E-state index contributed by atoms with van der Waals surface area (Å²) in [6, 6.07) is 5.40. The maximum Gasteiger partial charge on any atom is 0.140 e. The highest BCUT2D eigenvalue weighted by Crippen LogP contribution is 2.41. The van der Waals surface area contributed by atoms with E-state index in [1.165, 1.54) is 29.5 Å². The molecule has 142 valence electrons. The Morgan fingerprint density at radius 1 is 1.22 bits per heavy atom. The van der Waals surface area contributed by atoms with Crippen molar-refractivity contribution in [2.45, 2.75) is 58.8 Å². The van der Waals surface area contributed by atoms with Gasteiger partial charge in [0.1, 0.15) is 11.5 Å². The summed E-state index contributed by atoms with van der Waals surface area (Å²) in [5, 5.41) is 9.08. The maximum atomic E-state index is 4.84. The lowest BCUT2D eigenvalue weighted by Gasteiger charge is -2.40. The van der Waals surface area contributed by atoms with Crippen LogP contribution in [0.4, 0.5) is 5.82 Å². The summed E-state index contributed by atoms with van der Waals surface area (Å²) in [5.41, 5.74) is 4.74. The van der Waals surface area contributed by atoms with Gasteiger partial charge in [0.2, 0.25) is 0 Å². The smallest absolute Gasteiger partial charge is 0.140 e. The number of aromatic amines is 1. The lowest BCUT2D eigenvalue weighted by molar-refractivity contribution is 0.169. The molecule has 3 aromatic heterocycles. The van der Waals surface area contributed by atoms with Gasteiger partial charge in [-0.25, -0.2) is 4.98 Å². The first-order valence-electron chi connectivity index (χ1n) is 10.2. The van der Waals surface area contributed by atoms with Crippen LogP contribution in [0.5, 0.6) is 0 Å². The molecule has 2 aliphatic rings. The van der Waals surface area contributed by atoms with E-state index in [-0.39, 0.29) is 0 Å². The third-order valence-corrected chi connectivity index (χ3v) is 6.39. The van der Waals surface area contributed by atoms with Gasteiger partial charge in [0.25, 0.3) is 0 Å². The molecular formula is C21H28N6. The lowest BCUT2D eigenvalue weighted by Crippen LogP contribution is -2.47. The summed E-state index contributed by atoms with van der Waals surface area (Å²) in [5.74, 6) is 1.10. The Kier molecular flexibility index (Phi) is 3.97. The van der Waals surface area contributed by atoms with Gasteiger partial charge in [-0.3, -0.25) is 5.10 Å². The summed E-state index contributed by atoms with van der Waals surface area (Å²) >= 11 is 0. The Labute approximate surface area is 160 Å². The fourth-order valence-corrected chi connectivity index (χ4v) is 4.81. The zero-order valence-electron chi connectivity index (χ0n) is 16.4. The van der Waals surface area contributed by atoms with E-state index in [4.69, 9.17) is 4.98 Å². The molecular weight excluding hydrogens is 336 g/mol. The molecule has 0 saturated carbocycles. The molecule has 0 bridgehead atoms. The second-order valence-corrected chi connectivity index (χ2v) is 8.08. The molecule has 5 rings (SSSR count). The molecule has 0 aliphatic carbocycles. The number of hydrogen-bond acceptors (Lipinski definition) is 4. The highest BCUT2D eigenvalue weighted by atomic mass is 15.3. The van der Waals surface area contributed by atoms with E-state index in [0.29, 0.717) is 12.1 Å². The minimum atomic E-state index is 0.520. The number of rotatable bonds is 3. The van der Waals surface area contributed by atoms with E-state index in [0.717, 1.165) is 43.2 Å². The summed E-state index contributed by atoms with van der Waals surface area (Å²) in [6.07, 6.45) is 6.49. The van der Waals surface area contributed by atoms with Crippen molar-refractivity contribution in [3.05, 3.63) is 30.2 Å². The predicted octanol–water partition coefficient (Wildman–Crippen LogP) is 3.64. The summed E-state index contributed by atoms with van der Waals surface area (Å²) in [7, 11) is 0. The number of H-pyrrole nitrogens is 1. The van der Waals surface area contributed by atoms with Crippen LogP contribution in [0.15, 0.2) is 24.5 Å². The molecule has 27 heavy (non-hydrogen) atoms. The van der Waals surface area contributed by atoms with Crippen molar-refractivity contribution in [2.75, 3.05) is 18.0 Å². The second kappa shape index (κ2) is 6.37. The van der Waals surface area contributed by atoms with Gasteiger partial charge in [0, 0.05) is 55.4 Å². The molecule has 0 aromatic carbocycles. The number of aromatic nitrogens is 4. The average Bonchev–Trinajstić information content (AvgIpc) is 3.26. The van der Waals surface area contributed by atoms with Crippen LogP contribution in [0, 0.1) is 0 Å². The maximum absolute atomic E-state index is 4.84. The normalized spacial score (nSPS) is 18.3. The Bertz CT molecular complexity index is 960. The molecule has 0 radical (unpaired) electrons. The quantitative estimate of drug-likeness (QED) is 0.771. The molecule has 2 aliphatic heterocycles. The zero-order valence-corrected chi connectivity index (χ0v) is 16.4. The first kappa shape index (κ1) is 16.8. The van der Waals surface area contributed by atoms with Crippen molar-refractivity contribution < 1.29 is 0 Å². The largest absolute Gasteiger partial charge is 0.350 e. The molecule has 1 saturated heterocycles. The summed E-state index contributed by atoms with van der Waals surface area (Å²) in [4.78, 5) is 9.98. The standard InChI is InChI=1S/C21H28N6/c1-4-25-12-8-16-18(25)13-27(15-6-10-26(11-7-15)14(2)3)21-19-17(5-9-22-21)23-24-20(16)19/h5,8-9,12,14-15H,4,6-7,10-11,13H2,1-3H3,(H,23,24). The van der Waals surface area contributed by atoms with Crippen molar-refractivity contribution in [1.82, 2.24) is 24.6 Å². The van der Waals surface area contributed by atoms with E-state index < -0.39 is 0 Å². The number of hydrogen-bond donors (Lipinski definition) is 1. The number of nitrogens with zero attached hydrogens (tertiary/aromatic N) is 5. The molecule has 1 fully saturated rings. The third-order valence-electron chi connectivity index (χ3n) is 6.39. The van der Waals surface area contributed by atoms with Gasteiger partial charge in [0.05, 0.1) is 17.4 Å². The minimum Gasteiger partial charge on any atom is -0.350 e. The highest BCUT2D eigenvalue weighted by molar-refractivity contribution is 6.02. The monoisotopic (exact) mass is 364 g/mol.